The van der Waals surface area contributed by atoms with Gasteiger partial charge in [-0.1, -0.05) is 0 Å². The van der Waals surface area contributed by atoms with E-state index >= 15 is 0 Å². The average Bonchev–Trinajstić information content (AvgIpc) is 2.13. The van der Waals surface area contributed by atoms with Crippen molar-refractivity contribution < 1.29 is 30.7 Å². The van der Waals surface area contributed by atoms with Crippen LogP contribution in [0.2, 0.25) is 0 Å². The molecule has 90 valence electrons. The summed E-state index contributed by atoms with van der Waals surface area (Å²) in [5.74, 6) is -10.4. The van der Waals surface area contributed by atoms with E-state index in [1.54, 1.807) is 0 Å². The van der Waals surface area contributed by atoms with Crippen molar-refractivity contribution in [1.82, 2.24) is 0 Å². The van der Waals surface area contributed by atoms with Crippen LogP contribution in [0.4, 0.5) is 30.7 Å². The Morgan fingerprint density at radius 3 is 1.69 bits per heavy atom. The van der Waals surface area contributed by atoms with Gasteiger partial charge < -0.3 is 0 Å². The minimum absolute atomic E-state index is 1.04. The Hall–Kier alpha value is -0.980. The van der Waals surface area contributed by atoms with Crippen molar-refractivity contribution >= 4 is 11.6 Å². The van der Waals surface area contributed by atoms with Gasteiger partial charge in [-0.25, -0.2) is 17.6 Å². The minimum atomic E-state index is -5.47. The molecule has 0 aliphatic rings. The van der Waals surface area contributed by atoms with Crippen LogP contribution in [-0.2, 0) is 12.1 Å². The first-order valence-corrected chi connectivity index (χ1v) is 4.23. The van der Waals surface area contributed by atoms with Crippen molar-refractivity contribution in [2.75, 3.05) is 0 Å². The summed E-state index contributed by atoms with van der Waals surface area (Å²) in [5, 5.41) is 0. The second-order valence-electron chi connectivity index (χ2n) is 2.74. The average molecular weight is 267 g/mol. The summed E-state index contributed by atoms with van der Waals surface area (Å²) in [5.41, 5.74) is -3.84. The van der Waals surface area contributed by atoms with Crippen LogP contribution in [0.15, 0.2) is 0 Å². The molecule has 0 N–H and O–H groups in total. The van der Waals surface area contributed by atoms with Crippen LogP contribution in [0.3, 0.4) is 0 Å². The molecule has 1 aromatic carbocycles. The molecule has 0 spiro atoms. The Kier molecular flexibility index (Phi) is 3.37. The first-order valence-electron chi connectivity index (χ1n) is 3.69. The maximum absolute atomic E-state index is 13.0. The highest BCUT2D eigenvalue weighted by molar-refractivity contribution is 6.17. The van der Waals surface area contributed by atoms with Gasteiger partial charge in [0, 0.05) is 5.56 Å². The van der Waals surface area contributed by atoms with Crippen LogP contribution in [0.5, 0.6) is 0 Å². The van der Waals surface area contributed by atoms with Gasteiger partial charge in [-0.15, -0.1) is 11.6 Å². The third-order valence-corrected chi connectivity index (χ3v) is 2.04. The quantitative estimate of drug-likeness (QED) is 0.312. The molecular weight excluding hydrogens is 265 g/mol. The summed E-state index contributed by atoms with van der Waals surface area (Å²) < 4.78 is 87.6. The molecule has 1 rings (SSSR count). The van der Waals surface area contributed by atoms with Gasteiger partial charge in [0.15, 0.2) is 17.5 Å². The Morgan fingerprint density at radius 1 is 0.812 bits per heavy atom. The summed E-state index contributed by atoms with van der Waals surface area (Å²) in [6.45, 7) is 0. The smallest absolute Gasteiger partial charge is 0.206 e. The van der Waals surface area contributed by atoms with E-state index in [0.29, 0.717) is 0 Å². The molecule has 0 amide bonds. The first-order chi connectivity index (χ1) is 7.21. The summed E-state index contributed by atoms with van der Waals surface area (Å²) in [6, 6.07) is 0. The third kappa shape index (κ3) is 1.95. The van der Waals surface area contributed by atoms with Crippen molar-refractivity contribution in [3.63, 3.8) is 0 Å². The number of hydrogen-bond donors (Lipinski definition) is 0. The van der Waals surface area contributed by atoms with Crippen molar-refractivity contribution in [1.29, 1.82) is 0 Å². The second-order valence-corrected chi connectivity index (χ2v) is 3.01. The molecule has 0 aromatic heterocycles. The molecule has 0 atom stereocenters. The van der Waals surface area contributed by atoms with Crippen LogP contribution >= 0.6 is 11.6 Å². The molecule has 0 fully saturated rings. The third-order valence-electron chi connectivity index (χ3n) is 1.77. The van der Waals surface area contributed by atoms with E-state index < -0.39 is 46.5 Å². The van der Waals surface area contributed by atoms with Crippen LogP contribution in [0, 0.1) is 23.3 Å². The van der Waals surface area contributed by atoms with Gasteiger partial charge in [0.2, 0.25) is 0 Å². The Morgan fingerprint density at radius 2 is 1.31 bits per heavy atom. The number of rotatable bonds is 1. The molecule has 0 aliphatic carbocycles. The lowest BCUT2D eigenvalue weighted by molar-refractivity contribution is -0.143. The van der Waals surface area contributed by atoms with Crippen LogP contribution < -0.4 is 0 Å². The van der Waals surface area contributed by atoms with E-state index in [-0.39, 0.29) is 0 Å². The highest BCUT2D eigenvalue weighted by Gasteiger charge is 2.41. The molecule has 0 radical (unpaired) electrons. The SMILES string of the molecule is Fc1c(F)c(CCl)c(F)c(C(F)(F)F)c1F. The zero-order valence-corrected chi connectivity index (χ0v) is 7.99. The Labute approximate surface area is 89.6 Å². The highest BCUT2D eigenvalue weighted by atomic mass is 35.5. The van der Waals surface area contributed by atoms with Crippen molar-refractivity contribution in [3.8, 4) is 0 Å². The fraction of sp³-hybridized carbons (Fsp3) is 0.250. The lowest BCUT2D eigenvalue weighted by Gasteiger charge is -2.12. The van der Waals surface area contributed by atoms with Gasteiger partial charge in [-0.3, -0.25) is 0 Å². The maximum atomic E-state index is 13.0. The Bertz CT molecular complexity index is 424. The molecule has 0 saturated heterocycles. The molecular formula is C8H2ClF7. The summed E-state index contributed by atoms with van der Waals surface area (Å²) in [6.07, 6.45) is -5.47. The van der Waals surface area contributed by atoms with Gasteiger partial charge in [0.1, 0.15) is 11.4 Å². The molecule has 0 bridgehead atoms. The monoisotopic (exact) mass is 266 g/mol. The minimum Gasteiger partial charge on any atom is -0.206 e. The predicted molar refractivity (Wildman–Crippen MR) is 40.8 cm³/mol. The van der Waals surface area contributed by atoms with E-state index in [9.17, 15) is 30.7 Å². The maximum Gasteiger partial charge on any atom is 0.422 e. The largest absolute Gasteiger partial charge is 0.422 e. The Balaban J connectivity index is 3.69. The molecule has 0 unspecified atom stereocenters. The van der Waals surface area contributed by atoms with Crippen LogP contribution in [0.1, 0.15) is 11.1 Å². The molecule has 8 heteroatoms. The van der Waals surface area contributed by atoms with E-state index in [1.807, 2.05) is 0 Å². The van der Waals surface area contributed by atoms with E-state index in [4.69, 9.17) is 11.6 Å². The fourth-order valence-electron chi connectivity index (χ4n) is 1.05. The lowest BCUT2D eigenvalue weighted by atomic mass is 10.1. The number of hydrogen-bond acceptors (Lipinski definition) is 0. The number of benzene rings is 1. The van der Waals surface area contributed by atoms with Crippen molar-refractivity contribution in [2.24, 2.45) is 0 Å². The van der Waals surface area contributed by atoms with Gasteiger partial charge >= 0.3 is 6.18 Å². The fourth-order valence-corrected chi connectivity index (χ4v) is 1.28. The lowest BCUT2D eigenvalue weighted by Crippen LogP contribution is -2.16. The van der Waals surface area contributed by atoms with Crippen LogP contribution in [-0.4, -0.2) is 0 Å². The topological polar surface area (TPSA) is 0 Å². The summed E-state index contributed by atoms with van der Waals surface area (Å²) in [7, 11) is 0. The molecule has 1 aromatic rings. The van der Waals surface area contributed by atoms with E-state index in [2.05, 4.69) is 0 Å². The van der Waals surface area contributed by atoms with Crippen molar-refractivity contribution in [3.05, 3.63) is 34.4 Å². The van der Waals surface area contributed by atoms with Gasteiger partial charge in [0.25, 0.3) is 0 Å². The summed E-state index contributed by atoms with van der Waals surface area (Å²) in [4.78, 5) is 0. The van der Waals surface area contributed by atoms with Crippen LogP contribution in [0.25, 0.3) is 0 Å². The van der Waals surface area contributed by atoms with Gasteiger partial charge in [-0.05, 0) is 0 Å². The van der Waals surface area contributed by atoms with Gasteiger partial charge in [0.05, 0.1) is 5.88 Å². The van der Waals surface area contributed by atoms with Gasteiger partial charge in [-0.2, -0.15) is 13.2 Å². The standard InChI is InChI=1S/C8H2ClF7/c9-1-2-4(10)3(8(14,15)16)6(12)7(13)5(2)11/h1H2. The molecule has 0 nitrogen and oxygen atoms in total. The molecule has 16 heavy (non-hydrogen) atoms. The van der Waals surface area contributed by atoms with Crippen molar-refractivity contribution in [2.45, 2.75) is 12.1 Å². The summed E-state index contributed by atoms with van der Waals surface area (Å²) >= 11 is 4.95. The predicted octanol–water partition coefficient (Wildman–Crippen LogP) is 4.00. The first kappa shape index (κ1) is 13.1. The number of halogens is 8. The zero-order chi connectivity index (χ0) is 12.7. The molecule has 0 saturated carbocycles. The normalized spacial score (nSPS) is 12.0. The molecule has 0 aliphatic heterocycles. The zero-order valence-electron chi connectivity index (χ0n) is 7.23. The number of alkyl halides is 4. The highest BCUT2D eigenvalue weighted by Crippen LogP contribution is 2.37. The van der Waals surface area contributed by atoms with E-state index in [1.165, 1.54) is 0 Å². The second kappa shape index (κ2) is 4.12. The molecule has 0 heterocycles. The van der Waals surface area contributed by atoms with E-state index in [0.717, 1.165) is 0 Å².